The van der Waals surface area contributed by atoms with E-state index in [-0.39, 0.29) is 5.54 Å². The molecule has 0 amide bonds. The molecule has 0 radical (unpaired) electrons. The van der Waals surface area contributed by atoms with E-state index >= 15 is 0 Å². The molecule has 0 atom stereocenters. The summed E-state index contributed by atoms with van der Waals surface area (Å²) in [5, 5.41) is 3.51. The lowest BCUT2D eigenvalue weighted by atomic mass is 10.1. The second-order valence-corrected chi connectivity index (χ2v) is 5.57. The zero-order chi connectivity index (χ0) is 13.1. The lowest BCUT2D eigenvalue weighted by Gasteiger charge is -2.21. The van der Waals surface area contributed by atoms with E-state index in [1.165, 1.54) is 19.3 Å². The molecule has 2 nitrogen and oxygen atoms in total. The van der Waals surface area contributed by atoms with Crippen LogP contribution in [-0.2, 0) is 0 Å². The fourth-order valence-electron chi connectivity index (χ4n) is 1.72. The van der Waals surface area contributed by atoms with E-state index in [9.17, 15) is 0 Å². The highest BCUT2D eigenvalue weighted by Gasteiger charge is 2.07. The average molecular weight is 238 g/mol. The van der Waals surface area contributed by atoms with Gasteiger partial charge < -0.3 is 5.32 Å². The van der Waals surface area contributed by atoms with Crippen LogP contribution in [0.1, 0.15) is 40.0 Å². The van der Waals surface area contributed by atoms with Gasteiger partial charge >= 0.3 is 0 Å². The number of nitrogens with one attached hydrogen (secondary N) is 1. The van der Waals surface area contributed by atoms with Crippen molar-refractivity contribution in [3.63, 3.8) is 0 Å². The monoisotopic (exact) mass is 238 g/mol. The van der Waals surface area contributed by atoms with E-state index < -0.39 is 0 Å². The predicted octanol–water partition coefficient (Wildman–Crippen LogP) is 3.22. The molecule has 0 rings (SSSR count). The molecule has 17 heavy (non-hydrogen) atoms. The van der Waals surface area contributed by atoms with Gasteiger partial charge in [0, 0.05) is 18.6 Å². The molecule has 0 aliphatic heterocycles. The highest BCUT2D eigenvalue weighted by molar-refractivity contribution is 4.79. The van der Waals surface area contributed by atoms with Crippen molar-refractivity contribution in [2.45, 2.75) is 45.6 Å². The minimum atomic E-state index is 0.248. The summed E-state index contributed by atoms with van der Waals surface area (Å²) in [5.74, 6) is 0. The fourth-order valence-corrected chi connectivity index (χ4v) is 1.72. The van der Waals surface area contributed by atoms with Crippen molar-refractivity contribution in [3.8, 4) is 0 Å². The molecule has 100 valence electrons. The van der Waals surface area contributed by atoms with Gasteiger partial charge in [-0.15, -0.1) is 13.2 Å². The lowest BCUT2D eigenvalue weighted by Crippen LogP contribution is -2.36. The Bertz CT molecular complexity index is 193. The molecule has 0 aliphatic carbocycles. The zero-order valence-corrected chi connectivity index (χ0v) is 12.0. The summed E-state index contributed by atoms with van der Waals surface area (Å²) in [5.41, 5.74) is 0.248. The van der Waals surface area contributed by atoms with Gasteiger partial charge in [-0.3, -0.25) is 4.90 Å². The molecule has 1 N–H and O–H groups in total. The second-order valence-electron chi connectivity index (χ2n) is 5.57. The molecule has 0 heterocycles. The summed E-state index contributed by atoms with van der Waals surface area (Å²) in [4.78, 5) is 2.37. The van der Waals surface area contributed by atoms with Crippen molar-refractivity contribution in [2.75, 3.05) is 26.2 Å². The van der Waals surface area contributed by atoms with Crippen molar-refractivity contribution in [3.05, 3.63) is 25.3 Å². The normalized spacial score (nSPS) is 11.8. The predicted molar refractivity (Wildman–Crippen MR) is 78.4 cm³/mol. The maximum Gasteiger partial charge on any atom is 0.0163 e. The topological polar surface area (TPSA) is 15.3 Å². The first-order valence-corrected chi connectivity index (χ1v) is 6.69. The van der Waals surface area contributed by atoms with Crippen molar-refractivity contribution >= 4 is 0 Å². The molecule has 0 unspecified atom stereocenters. The van der Waals surface area contributed by atoms with Crippen molar-refractivity contribution in [1.29, 1.82) is 0 Å². The minimum absolute atomic E-state index is 0.248. The number of hydrogen-bond donors (Lipinski definition) is 1. The molecule has 0 spiro atoms. The zero-order valence-electron chi connectivity index (χ0n) is 12.0. The van der Waals surface area contributed by atoms with Crippen LogP contribution in [0.2, 0.25) is 0 Å². The Labute approximate surface area is 108 Å². The molecule has 0 saturated heterocycles. The van der Waals surface area contributed by atoms with E-state index in [1.807, 2.05) is 12.2 Å². The third-order valence-electron chi connectivity index (χ3n) is 2.58. The van der Waals surface area contributed by atoms with Crippen LogP contribution in [0, 0.1) is 0 Å². The van der Waals surface area contributed by atoms with Gasteiger partial charge in [-0.25, -0.2) is 0 Å². The molecule has 0 saturated carbocycles. The van der Waals surface area contributed by atoms with E-state index in [4.69, 9.17) is 0 Å². The molecular formula is C15H30N2. The summed E-state index contributed by atoms with van der Waals surface area (Å²) >= 11 is 0. The summed E-state index contributed by atoms with van der Waals surface area (Å²) < 4.78 is 0. The van der Waals surface area contributed by atoms with Crippen LogP contribution in [0.15, 0.2) is 25.3 Å². The maximum atomic E-state index is 3.78. The number of unbranched alkanes of at least 4 members (excludes halogenated alkanes) is 2. The molecule has 0 aromatic heterocycles. The van der Waals surface area contributed by atoms with E-state index in [2.05, 4.69) is 44.1 Å². The Balaban J connectivity index is 3.48. The Morgan fingerprint density at radius 2 is 1.59 bits per heavy atom. The Hall–Kier alpha value is -0.600. The van der Waals surface area contributed by atoms with Crippen molar-refractivity contribution in [2.24, 2.45) is 0 Å². The van der Waals surface area contributed by atoms with Gasteiger partial charge in [-0.1, -0.05) is 18.6 Å². The Kier molecular flexibility index (Phi) is 9.10. The first-order valence-electron chi connectivity index (χ1n) is 6.69. The van der Waals surface area contributed by atoms with Crippen LogP contribution in [-0.4, -0.2) is 36.6 Å². The average Bonchev–Trinajstić information content (AvgIpc) is 2.22. The van der Waals surface area contributed by atoms with Crippen LogP contribution in [0.25, 0.3) is 0 Å². The first-order chi connectivity index (χ1) is 7.99. The van der Waals surface area contributed by atoms with Gasteiger partial charge in [0.2, 0.25) is 0 Å². The van der Waals surface area contributed by atoms with Gasteiger partial charge in [-0.2, -0.15) is 0 Å². The third-order valence-corrected chi connectivity index (χ3v) is 2.58. The van der Waals surface area contributed by atoms with E-state index in [0.29, 0.717) is 0 Å². The van der Waals surface area contributed by atoms with Gasteiger partial charge in [-0.05, 0) is 46.7 Å². The standard InChI is InChI=1S/C15H30N2/c1-6-12-17(13-7-2)14-10-8-9-11-16-15(3,4)5/h6-7,16H,1-2,8-14H2,3-5H3. The number of nitrogens with zero attached hydrogens (tertiary/aromatic N) is 1. The summed E-state index contributed by atoms with van der Waals surface area (Å²) in [6.45, 7) is 18.4. The summed E-state index contributed by atoms with van der Waals surface area (Å²) in [7, 11) is 0. The van der Waals surface area contributed by atoms with Crippen molar-refractivity contribution < 1.29 is 0 Å². The minimum Gasteiger partial charge on any atom is -0.312 e. The second kappa shape index (κ2) is 9.43. The van der Waals surface area contributed by atoms with Crippen LogP contribution < -0.4 is 5.32 Å². The molecule has 0 aromatic carbocycles. The Morgan fingerprint density at radius 1 is 1.00 bits per heavy atom. The summed E-state index contributed by atoms with van der Waals surface area (Å²) in [6, 6.07) is 0. The quantitative estimate of drug-likeness (QED) is 0.464. The molecule has 0 aliphatic rings. The number of hydrogen-bond acceptors (Lipinski definition) is 2. The number of rotatable bonds is 10. The molecule has 0 bridgehead atoms. The van der Waals surface area contributed by atoms with Gasteiger partial charge in [0.25, 0.3) is 0 Å². The molecule has 0 aromatic rings. The lowest BCUT2D eigenvalue weighted by molar-refractivity contribution is 0.322. The molecule has 0 fully saturated rings. The van der Waals surface area contributed by atoms with Crippen LogP contribution in [0.3, 0.4) is 0 Å². The largest absolute Gasteiger partial charge is 0.312 e. The van der Waals surface area contributed by atoms with E-state index in [1.54, 1.807) is 0 Å². The smallest absolute Gasteiger partial charge is 0.0163 e. The van der Waals surface area contributed by atoms with E-state index in [0.717, 1.165) is 26.2 Å². The van der Waals surface area contributed by atoms with Crippen LogP contribution in [0.5, 0.6) is 0 Å². The van der Waals surface area contributed by atoms with Crippen molar-refractivity contribution in [1.82, 2.24) is 10.2 Å². The van der Waals surface area contributed by atoms with Gasteiger partial charge in [0.1, 0.15) is 0 Å². The summed E-state index contributed by atoms with van der Waals surface area (Å²) in [6.07, 6.45) is 7.73. The van der Waals surface area contributed by atoms with Gasteiger partial charge in [0.05, 0.1) is 0 Å². The van der Waals surface area contributed by atoms with Crippen LogP contribution >= 0.6 is 0 Å². The highest BCUT2D eigenvalue weighted by Crippen LogP contribution is 2.02. The van der Waals surface area contributed by atoms with Gasteiger partial charge in [0.15, 0.2) is 0 Å². The van der Waals surface area contributed by atoms with Crippen LogP contribution in [0.4, 0.5) is 0 Å². The molecular weight excluding hydrogens is 208 g/mol. The highest BCUT2D eigenvalue weighted by atomic mass is 15.1. The third kappa shape index (κ3) is 11.7. The maximum absolute atomic E-state index is 3.78. The fraction of sp³-hybridized carbons (Fsp3) is 0.733. The SMILES string of the molecule is C=CCN(CC=C)CCCCCNC(C)(C)C. The Morgan fingerprint density at radius 3 is 2.06 bits per heavy atom. The molecule has 2 heteroatoms. The first kappa shape index (κ1) is 16.4.